The molecule has 9 nitrogen and oxygen atoms in total. The molecule has 3 aliphatic rings. The standard InChI is InChI=1S/C25H26ClN5O4/c1-15(17-5-4-8-27-23(17)26)35-21(33)9-19-22(29-30-31(19)2)18-7-6-16(11-28-18)20(32)10-24-12-25(13-24,14-24)34-3/h4-8,11,15H,9-10,12-14H2,1-3H3/t15-,24?,25?/m1/s1. The minimum atomic E-state index is -0.559. The Bertz CT molecular complexity index is 1270. The quantitative estimate of drug-likeness (QED) is 0.249. The smallest absolute Gasteiger partial charge is 0.312 e. The molecule has 2 bridgehead atoms. The second kappa shape index (κ2) is 8.80. The number of aromatic nitrogens is 5. The van der Waals surface area contributed by atoms with E-state index in [1.165, 1.54) is 4.68 Å². The number of hydrogen-bond donors (Lipinski definition) is 0. The van der Waals surface area contributed by atoms with Crippen LogP contribution in [-0.4, -0.2) is 49.4 Å². The van der Waals surface area contributed by atoms with Crippen molar-refractivity contribution in [1.82, 2.24) is 25.0 Å². The van der Waals surface area contributed by atoms with Gasteiger partial charge in [-0.25, -0.2) is 4.98 Å². The highest BCUT2D eigenvalue weighted by Gasteiger charge is 2.68. The Morgan fingerprint density at radius 1 is 1.20 bits per heavy atom. The van der Waals surface area contributed by atoms with E-state index in [1.54, 1.807) is 57.7 Å². The van der Waals surface area contributed by atoms with Crippen LogP contribution in [0.2, 0.25) is 5.15 Å². The van der Waals surface area contributed by atoms with Crippen molar-refractivity contribution in [3.63, 3.8) is 0 Å². The molecule has 0 aliphatic heterocycles. The molecule has 10 heteroatoms. The average Bonchev–Trinajstić information content (AvgIpc) is 3.15. The van der Waals surface area contributed by atoms with Crippen LogP contribution in [0.3, 0.4) is 0 Å². The van der Waals surface area contributed by atoms with E-state index in [0.717, 1.165) is 19.3 Å². The largest absolute Gasteiger partial charge is 0.457 e. The van der Waals surface area contributed by atoms with Gasteiger partial charge in [0, 0.05) is 44.1 Å². The lowest BCUT2D eigenvalue weighted by molar-refractivity contribution is -0.271. The van der Waals surface area contributed by atoms with Crippen molar-refractivity contribution in [2.75, 3.05) is 7.11 Å². The van der Waals surface area contributed by atoms with Gasteiger partial charge >= 0.3 is 5.97 Å². The molecular formula is C25H26ClN5O4. The molecule has 0 N–H and O–H groups in total. The van der Waals surface area contributed by atoms with E-state index in [-0.39, 0.29) is 23.2 Å². The minimum absolute atomic E-state index is 0.0218. The molecule has 0 unspecified atom stereocenters. The Morgan fingerprint density at radius 2 is 1.97 bits per heavy atom. The fourth-order valence-electron chi connectivity index (χ4n) is 5.36. The predicted molar refractivity (Wildman–Crippen MR) is 127 cm³/mol. The van der Waals surface area contributed by atoms with Crippen LogP contribution < -0.4 is 0 Å². The number of pyridine rings is 2. The lowest BCUT2D eigenvalue weighted by Crippen LogP contribution is -2.68. The van der Waals surface area contributed by atoms with Gasteiger partial charge in [0.25, 0.3) is 0 Å². The van der Waals surface area contributed by atoms with E-state index in [4.69, 9.17) is 21.1 Å². The highest BCUT2D eigenvalue weighted by Crippen LogP contribution is 2.70. The number of rotatable bonds is 9. The van der Waals surface area contributed by atoms with Gasteiger partial charge in [0.1, 0.15) is 17.0 Å². The summed E-state index contributed by atoms with van der Waals surface area (Å²) in [4.78, 5) is 33.9. The highest BCUT2D eigenvalue weighted by atomic mass is 35.5. The van der Waals surface area contributed by atoms with Gasteiger partial charge in [0.15, 0.2) is 5.78 Å². The summed E-state index contributed by atoms with van der Waals surface area (Å²) in [6.07, 6.45) is 5.92. The Morgan fingerprint density at radius 3 is 2.63 bits per heavy atom. The van der Waals surface area contributed by atoms with Crippen molar-refractivity contribution in [2.24, 2.45) is 12.5 Å². The minimum Gasteiger partial charge on any atom is -0.457 e. The normalized spacial score (nSPS) is 23.2. The van der Waals surface area contributed by atoms with E-state index in [2.05, 4.69) is 20.3 Å². The monoisotopic (exact) mass is 495 g/mol. The summed E-state index contributed by atoms with van der Waals surface area (Å²) >= 11 is 6.11. The summed E-state index contributed by atoms with van der Waals surface area (Å²) in [7, 11) is 3.44. The molecule has 0 spiro atoms. The third-order valence-corrected chi connectivity index (χ3v) is 7.49. The maximum atomic E-state index is 12.8. The van der Waals surface area contributed by atoms with Gasteiger partial charge in [-0.1, -0.05) is 22.9 Å². The summed E-state index contributed by atoms with van der Waals surface area (Å²) in [5.41, 5.74) is 2.88. The molecule has 0 amide bonds. The highest BCUT2D eigenvalue weighted by molar-refractivity contribution is 6.30. The summed E-state index contributed by atoms with van der Waals surface area (Å²) in [6, 6.07) is 6.99. The Balaban J connectivity index is 1.25. The zero-order valence-corrected chi connectivity index (χ0v) is 20.6. The molecule has 3 fully saturated rings. The molecule has 3 aromatic heterocycles. The lowest BCUT2D eigenvalue weighted by atomic mass is 9.40. The molecule has 182 valence electrons. The fraction of sp³-hybridized carbons (Fsp3) is 0.440. The number of carbonyl (C=O) groups excluding carboxylic acids is 2. The van der Waals surface area contributed by atoms with Gasteiger partial charge in [-0.2, -0.15) is 0 Å². The van der Waals surface area contributed by atoms with Crippen LogP contribution >= 0.6 is 11.6 Å². The topological polar surface area (TPSA) is 109 Å². The lowest BCUT2D eigenvalue weighted by Gasteiger charge is -2.69. The van der Waals surface area contributed by atoms with Gasteiger partial charge < -0.3 is 9.47 Å². The van der Waals surface area contributed by atoms with E-state index in [0.29, 0.717) is 39.8 Å². The maximum absolute atomic E-state index is 12.8. The molecule has 0 saturated heterocycles. The van der Waals surface area contributed by atoms with Gasteiger partial charge in [0.05, 0.1) is 23.4 Å². The molecule has 0 aromatic carbocycles. The molecule has 3 aromatic rings. The molecule has 3 heterocycles. The number of carbonyl (C=O) groups is 2. The Kier molecular flexibility index (Phi) is 5.93. The van der Waals surface area contributed by atoms with E-state index in [9.17, 15) is 9.59 Å². The number of esters is 1. The first-order valence-electron chi connectivity index (χ1n) is 11.5. The van der Waals surface area contributed by atoms with Crippen molar-refractivity contribution in [1.29, 1.82) is 0 Å². The first kappa shape index (κ1) is 23.6. The number of Topliss-reactive ketones (excluding diaryl/α,β-unsaturated/α-hetero) is 1. The summed E-state index contributed by atoms with van der Waals surface area (Å²) < 4.78 is 12.6. The van der Waals surface area contributed by atoms with Crippen molar-refractivity contribution in [2.45, 2.75) is 50.7 Å². The number of ether oxygens (including phenoxy) is 2. The second-order valence-electron chi connectivity index (χ2n) is 9.65. The van der Waals surface area contributed by atoms with Crippen molar-refractivity contribution < 1.29 is 19.1 Å². The number of halogens is 1. The van der Waals surface area contributed by atoms with Crippen LogP contribution in [-0.2, 0) is 27.7 Å². The number of methoxy groups -OCH3 is 1. The Labute approximate surface area is 207 Å². The second-order valence-corrected chi connectivity index (χ2v) is 10.0. The molecule has 3 aliphatic carbocycles. The molecule has 35 heavy (non-hydrogen) atoms. The van der Waals surface area contributed by atoms with Crippen molar-refractivity contribution in [3.8, 4) is 11.4 Å². The SMILES string of the molecule is COC12CC(CC(=O)c3ccc(-c4nnn(C)c4CC(=O)O[C@H](C)c4cccnc4Cl)nc3)(C1)C2. The van der Waals surface area contributed by atoms with E-state index in [1.807, 2.05) is 0 Å². The first-order valence-corrected chi connectivity index (χ1v) is 11.8. The van der Waals surface area contributed by atoms with Gasteiger partial charge in [-0.05, 0) is 49.8 Å². The predicted octanol–water partition coefficient (Wildman–Crippen LogP) is 3.91. The number of aryl methyl sites for hydroxylation is 1. The van der Waals surface area contributed by atoms with Crippen LogP contribution in [0.15, 0.2) is 36.7 Å². The average molecular weight is 496 g/mol. The molecule has 3 saturated carbocycles. The van der Waals surface area contributed by atoms with Crippen LogP contribution in [0.5, 0.6) is 0 Å². The summed E-state index contributed by atoms with van der Waals surface area (Å²) in [6.45, 7) is 1.74. The van der Waals surface area contributed by atoms with Gasteiger partial charge in [-0.15, -0.1) is 5.10 Å². The zero-order valence-electron chi connectivity index (χ0n) is 19.8. The van der Waals surface area contributed by atoms with Crippen molar-refractivity contribution in [3.05, 3.63) is 58.6 Å². The van der Waals surface area contributed by atoms with E-state index >= 15 is 0 Å². The molecular weight excluding hydrogens is 470 g/mol. The first-order chi connectivity index (χ1) is 16.7. The van der Waals surface area contributed by atoms with Crippen LogP contribution in [0.1, 0.15) is 60.3 Å². The van der Waals surface area contributed by atoms with Gasteiger partial charge in [-0.3, -0.25) is 19.3 Å². The van der Waals surface area contributed by atoms with Crippen molar-refractivity contribution >= 4 is 23.4 Å². The van der Waals surface area contributed by atoms with E-state index < -0.39 is 12.1 Å². The van der Waals surface area contributed by atoms with Crippen LogP contribution in [0, 0.1) is 5.41 Å². The molecule has 1 atom stereocenters. The third kappa shape index (κ3) is 4.34. The maximum Gasteiger partial charge on any atom is 0.312 e. The number of ketones is 1. The van der Waals surface area contributed by atoms with Crippen LogP contribution in [0.4, 0.5) is 0 Å². The summed E-state index contributed by atoms with van der Waals surface area (Å²) in [5.74, 6) is -0.372. The molecule has 6 rings (SSSR count). The summed E-state index contributed by atoms with van der Waals surface area (Å²) in [5, 5.41) is 8.53. The Hall–Kier alpha value is -3.17. The third-order valence-electron chi connectivity index (χ3n) is 7.18. The molecule has 0 radical (unpaired) electrons. The zero-order chi connectivity index (χ0) is 24.8. The van der Waals surface area contributed by atoms with Gasteiger partial charge in [0.2, 0.25) is 0 Å². The number of hydrogen-bond acceptors (Lipinski definition) is 8. The number of nitrogens with zero attached hydrogens (tertiary/aromatic N) is 5. The fourth-order valence-corrected chi connectivity index (χ4v) is 5.63. The van der Waals surface area contributed by atoms with Crippen LogP contribution in [0.25, 0.3) is 11.4 Å².